The van der Waals surface area contributed by atoms with Crippen LogP contribution in [0.4, 0.5) is 8.78 Å². The van der Waals surface area contributed by atoms with Crippen LogP contribution in [0.5, 0.6) is 0 Å². The fourth-order valence-electron chi connectivity index (χ4n) is 3.23. The lowest BCUT2D eigenvalue weighted by molar-refractivity contribution is -0.0740. The molecule has 1 aromatic rings. The minimum Gasteiger partial charge on any atom is -0.374 e. The van der Waals surface area contributed by atoms with Crippen molar-refractivity contribution in [1.82, 2.24) is 10.2 Å². The van der Waals surface area contributed by atoms with E-state index >= 15 is 0 Å². The molecule has 0 aromatic heterocycles. The van der Waals surface area contributed by atoms with E-state index in [0.29, 0.717) is 12.6 Å². The smallest absolute Gasteiger partial charge is 0.263 e. The highest BCUT2D eigenvalue weighted by Crippen LogP contribution is 2.39. The molecule has 0 radical (unpaired) electrons. The molecule has 2 aliphatic rings. The summed E-state index contributed by atoms with van der Waals surface area (Å²) < 4.78 is 31.8. The standard InChI is InChI=1S/C16H22F2N2O/c1-19-10-14-15(20(7-8-21-14)13-5-6-13)11-3-2-4-12(9-11)16(17)18/h2-4,9,13-16,19H,5-8,10H2,1H3. The molecule has 116 valence electrons. The molecule has 1 saturated carbocycles. The quantitative estimate of drug-likeness (QED) is 0.904. The number of ether oxygens (including phenoxy) is 1. The van der Waals surface area contributed by atoms with Crippen LogP contribution in [-0.2, 0) is 4.74 Å². The van der Waals surface area contributed by atoms with Crippen molar-refractivity contribution in [3.05, 3.63) is 35.4 Å². The van der Waals surface area contributed by atoms with Crippen molar-refractivity contribution in [1.29, 1.82) is 0 Å². The normalized spacial score (nSPS) is 27.2. The van der Waals surface area contributed by atoms with Gasteiger partial charge in [-0.2, -0.15) is 0 Å². The van der Waals surface area contributed by atoms with Gasteiger partial charge in [-0.3, -0.25) is 4.90 Å². The number of likely N-dealkylation sites (N-methyl/N-ethyl adjacent to an activating group) is 1. The van der Waals surface area contributed by atoms with Gasteiger partial charge in [-0.25, -0.2) is 8.78 Å². The van der Waals surface area contributed by atoms with Gasteiger partial charge >= 0.3 is 0 Å². The Kier molecular flexibility index (Phi) is 4.52. The van der Waals surface area contributed by atoms with Gasteiger partial charge in [-0.15, -0.1) is 0 Å². The van der Waals surface area contributed by atoms with Crippen LogP contribution in [0.1, 0.15) is 36.4 Å². The molecule has 0 amide bonds. The Morgan fingerprint density at radius 2 is 2.19 bits per heavy atom. The molecule has 5 heteroatoms. The second kappa shape index (κ2) is 6.38. The number of morpholine rings is 1. The molecule has 21 heavy (non-hydrogen) atoms. The van der Waals surface area contributed by atoms with Crippen LogP contribution in [-0.4, -0.2) is 43.8 Å². The number of rotatable bonds is 5. The number of nitrogens with zero attached hydrogens (tertiary/aromatic N) is 1. The van der Waals surface area contributed by atoms with Gasteiger partial charge in [0.1, 0.15) is 0 Å². The van der Waals surface area contributed by atoms with Crippen molar-refractivity contribution in [3.63, 3.8) is 0 Å². The van der Waals surface area contributed by atoms with Gasteiger partial charge in [0.05, 0.1) is 18.8 Å². The van der Waals surface area contributed by atoms with Crippen LogP contribution in [0.3, 0.4) is 0 Å². The molecule has 2 fully saturated rings. The third-order valence-electron chi connectivity index (χ3n) is 4.32. The van der Waals surface area contributed by atoms with Crippen molar-refractivity contribution >= 4 is 0 Å². The van der Waals surface area contributed by atoms with E-state index in [9.17, 15) is 8.78 Å². The van der Waals surface area contributed by atoms with E-state index in [1.165, 1.54) is 18.9 Å². The number of nitrogens with one attached hydrogen (secondary N) is 1. The number of alkyl halides is 2. The van der Waals surface area contributed by atoms with E-state index in [0.717, 1.165) is 18.7 Å². The molecule has 0 bridgehead atoms. The van der Waals surface area contributed by atoms with E-state index in [1.54, 1.807) is 12.1 Å². The fourth-order valence-corrected chi connectivity index (χ4v) is 3.23. The number of benzene rings is 1. The maximum absolute atomic E-state index is 13.0. The Bertz CT molecular complexity index is 477. The lowest BCUT2D eigenvalue weighted by atomic mass is 9.96. The van der Waals surface area contributed by atoms with Gasteiger partial charge in [-0.05, 0) is 31.5 Å². The van der Waals surface area contributed by atoms with E-state index in [1.807, 2.05) is 13.1 Å². The fraction of sp³-hybridized carbons (Fsp3) is 0.625. The first-order chi connectivity index (χ1) is 10.2. The zero-order valence-electron chi connectivity index (χ0n) is 12.3. The Labute approximate surface area is 124 Å². The van der Waals surface area contributed by atoms with Crippen molar-refractivity contribution < 1.29 is 13.5 Å². The van der Waals surface area contributed by atoms with E-state index < -0.39 is 6.43 Å². The molecule has 1 saturated heterocycles. The molecule has 1 aromatic carbocycles. The molecule has 1 heterocycles. The van der Waals surface area contributed by atoms with E-state index in [-0.39, 0.29) is 17.7 Å². The second-order valence-corrected chi connectivity index (χ2v) is 5.85. The summed E-state index contributed by atoms with van der Waals surface area (Å²) in [7, 11) is 1.89. The minimum atomic E-state index is -2.42. The highest BCUT2D eigenvalue weighted by Gasteiger charge is 2.41. The van der Waals surface area contributed by atoms with Crippen LogP contribution >= 0.6 is 0 Å². The average Bonchev–Trinajstić information content (AvgIpc) is 3.32. The molecule has 2 unspecified atom stereocenters. The maximum atomic E-state index is 13.0. The summed E-state index contributed by atoms with van der Waals surface area (Å²) in [5, 5.41) is 3.15. The molecule has 3 rings (SSSR count). The third kappa shape index (κ3) is 3.25. The number of halogens is 2. The maximum Gasteiger partial charge on any atom is 0.263 e. The molecular weight excluding hydrogens is 274 g/mol. The lowest BCUT2D eigenvalue weighted by Gasteiger charge is -2.42. The summed E-state index contributed by atoms with van der Waals surface area (Å²) in [5.74, 6) is 0. The van der Waals surface area contributed by atoms with Gasteiger partial charge in [0, 0.05) is 24.7 Å². The first kappa shape index (κ1) is 14.9. The lowest BCUT2D eigenvalue weighted by Crippen LogP contribution is -2.49. The Morgan fingerprint density at radius 1 is 1.38 bits per heavy atom. The minimum absolute atomic E-state index is 0.0114. The Morgan fingerprint density at radius 3 is 2.86 bits per heavy atom. The van der Waals surface area contributed by atoms with Crippen molar-refractivity contribution in [2.24, 2.45) is 0 Å². The highest BCUT2D eigenvalue weighted by molar-refractivity contribution is 5.28. The molecule has 1 N–H and O–H groups in total. The average molecular weight is 296 g/mol. The molecule has 1 aliphatic carbocycles. The molecule has 3 nitrogen and oxygen atoms in total. The predicted octanol–water partition coefficient (Wildman–Crippen LogP) is 2.75. The first-order valence-corrected chi connectivity index (χ1v) is 7.60. The van der Waals surface area contributed by atoms with Gasteiger partial charge in [0.15, 0.2) is 0 Å². The Balaban J connectivity index is 1.90. The van der Waals surface area contributed by atoms with Crippen LogP contribution in [0.25, 0.3) is 0 Å². The summed E-state index contributed by atoms with van der Waals surface area (Å²) in [6, 6.07) is 7.47. The van der Waals surface area contributed by atoms with Crippen molar-refractivity contribution in [3.8, 4) is 0 Å². The van der Waals surface area contributed by atoms with Crippen molar-refractivity contribution in [2.75, 3.05) is 26.7 Å². The number of hydrogen-bond acceptors (Lipinski definition) is 3. The molecule has 2 atom stereocenters. The Hall–Kier alpha value is -1.04. The molecule has 1 aliphatic heterocycles. The van der Waals surface area contributed by atoms with Gasteiger partial charge in [0.25, 0.3) is 6.43 Å². The molecule has 0 spiro atoms. The zero-order chi connectivity index (χ0) is 14.8. The molecular formula is C16H22F2N2O. The zero-order valence-corrected chi connectivity index (χ0v) is 12.3. The van der Waals surface area contributed by atoms with E-state index in [2.05, 4.69) is 10.2 Å². The third-order valence-corrected chi connectivity index (χ3v) is 4.32. The first-order valence-electron chi connectivity index (χ1n) is 7.60. The summed E-state index contributed by atoms with van der Waals surface area (Å²) in [5.41, 5.74) is 1.04. The second-order valence-electron chi connectivity index (χ2n) is 5.85. The SMILES string of the molecule is CNCC1OCCN(C2CC2)C1c1cccc(C(F)F)c1. The number of hydrogen-bond donors (Lipinski definition) is 1. The topological polar surface area (TPSA) is 24.5 Å². The van der Waals surface area contributed by atoms with E-state index in [4.69, 9.17) is 4.74 Å². The van der Waals surface area contributed by atoms with Crippen LogP contribution in [0.2, 0.25) is 0 Å². The predicted molar refractivity (Wildman–Crippen MR) is 77.5 cm³/mol. The summed E-state index contributed by atoms with van der Waals surface area (Å²) >= 11 is 0. The summed E-state index contributed by atoms with van der Waals surface area (Å²) in [6.45, 7) is 2.33. The largest absolute Gasteiger partial charge is 0.374 e. The highest BCUT2D eigenvalue weighted by atomic mass is 19.3. The van der Waals surface area contributed by atoms with Crippen molar-refractivity contribution in [2.45, 2.75) is 37.5 Å². The monoisotopic (exact) mass is 296 g/mol. The van der Waals surface area contributed by atoms with Gasteiger partial charge < -0.3 is 10.1 Å². The van der Waals surface area contributed by atoms with Crippen LogP contribution in [0.15, 0.2) is 24.3 Å². The van der Waals surface area contributed by atoms with Gasteiger partial charge in [0.2, 0.25) is 0 Å². The summed E-state index contributed by atoms with van der Waals surface area (Å²) in [4.78, 5) is 2.44. The van der Waals surface area contributed by atoms with Crippen LogP contribution in [0, 0.1) is 0 Å². The summed E-state index contributed by atoms with van der Waals surface area (Å²) in [6.07, 6.45) is -0.00176. The van der Waals surface area contributed by atoms with Gasteiger partial charge in [-0.1, -0.05) is 18.2 Å². The van der Waals surface area contributed by atoms with Crippen LogP contribution < -0.4 is 5.32 Å².